The smallest absolute Gasteiger partial charge is 0.374 e. The summed E-state index contributed by atoms with van der Waals surface area (Å²) >= 11 is 5.90. The summed E-state index contributed by atoms with van der Waals surface area (Å²) in [6, 6.07) is 9.88. The average molecular weight is 423 g/mol. The van der Waals surface area contributed by atoms with Gasteiger partial charge in [0.1, 0.15) is 6.07 Å². The second kappa shape index (κ2) is 8.62. The molecule has 152 valence electrons. The molecule has 2 N–H and O–H groups in total. The molecule has 1 aliphatic heterocycles. The monoisotopic (exact) mass is 422 g/mol. The molecule has 5 nitrogen and oxygen atoms in total. The maximum absolute atomic E-state index is 13.1. The molecule has 3 rings (SSSR count). The van der Waals surface area contributed by atoms with Gasteiger partial charge in [0.05, 0.1) is 34.7 Å². The molecule has 0 spiro atoms. The van der Waals surface area contributed by atoms with Crippen molar-refractivity contribution in [3.8, 4) is 6.07 Å². The Morgan fingerprint density at radius 3 is 2.52 bits per heavy atom. The first kappa shape index (κ1) is 20.8. The third kappa shape index (κ3) is 5.12. The molecule has 29 heavy (non-hydrogen) atoms. The predicted octanol–water partition coefficient (Wildman–Crippen LogP) is 4.88. The molecule has 2 aromatic carbocycles. The second-order valence-electron chi connectivity index (χ2n) is 6.63. The lowest BCUT2D eigenvalue weighted by molar-refractivity contribution is -0.137. The van der Waals surface area contributed by atoms with Crippen molar-refractivity contribution in [3.05, 3.63) is 52.5 Å². The molecule has 0 saturated carbocycles. The zero-order chi connectivity index (χ0) is 21.0. The molecular formula is C20H18ClF3N4O. The van der Waals surface area contributed by atoms with Crippen molar-refractivity contribution in [2.24, 2.45) is 0 Å². The lowest BCUT2D eigenvalue weighted by Gasteiger charge is -2.23. The van der Waals surface area contributed by atoms with Gasteiger partial charge >= 0.3 is 6.18 Å². The molecule has 0 radical (unpaired) electrons. The second-order valence-corrected chi connectivity index (χ2v) is 7.06. The van der Waals surface area contributed by atoms with Gasteiger partial charge in [0.15, 0.2) is 0 Å². The third-order valence-corrected chi connectivity index (χ3v) is 4.82. The summed E-state index contributed by atoms with van der Waals surface area (Å²) in [4.78, 5) is 14.3. The van der Waals surface area contributed by atoms with Gasteiger partial charge in [0, 0.05) is 18.1 Å². The highest BCUT2D eigenvalue weighted by atomic mass is 35.5. The molecule has 1 aliphatic rings. The van der Waals surface area contributed by atoms with E-state index in [9.17, 15) is 18.0 Å². The van der Waals surface area contributed by atoms with E-state index in [0.717, 1.165) is 38.1 Å². The highest BCUT2D eigenvalue weighted by molar-refractivity contribution is 6.31. The minimum absolute atomic E-state index is 0.236. The highest BCUT2D eigenvalue weighted by Gasteiger charge is 2.31. The number of rotatable bonds is 5. The van der Waals surface area contributed by atoms with Crippen LogP contribution in [0.5, 0.6) is 0 Å². The van der Waals surface area contributed by atoms with Crippen LogP contribution in [0.15, 0.2) is 36.4 Å². The zero-order valence-corrected chi connectivity index (χ0v) is 16.1. The van der Waals surface area contributed by atoms with E-state index in [1.807, 2.05) is 11.0 Å². The van der Waals surface area contributed by atoms with Crippen LogP contribution >= 0.6 is 11.6 Å². The summed E-state index contributed by atoms with van der Waals surface area (Å²) in [5, 5.41) is 14.8. The van der Waals surface area contributed by atoms with Crippen LogP contribution in [0.1, 0.15) is 24.0 Å². The predicted molar refractivity (Wildman–Crippen MR) is 106 cm³/mol. The van der Waals surface area contributed by atoms with E-state index in [1.165, 1.54) is 24.3 Å². The molecule has 0 atom stereocenters. The highest BCUT2D eigenvalue weighted by Crippen LogP contribution is 2.36. The Labute approximate surface area is 171 Å². The van der Waals surface area contributed by atoms with Crippen molar-refractivity contribution < 1.29 is 18.0 Å². The first-order chi connectivity index (χ1) is 13.8. The number of anilines is 3. The van der Waals surface area contributed by atoms with Crippen LogP contribution in [-0.4, -0.2) is 25.5 Å². The first-order valence-electron chi connectivity index (χ1n) is 8.97. The quantitative estimate of drug-likeness (QED) is 0.720. The molecular weight excluding hydrogens is 405 g/mol. The van der Waals surface area contributed by atoms with E-state index in [1.54, 1.807) is 0 Å². The lowest BCUT2D eigenvalue weighted by atomic mass is 10.1. The van der Waals surface area contributed by atoms with Crippen molar-refractivity contribution in [2.75, 3.05) is 35.2 Å². The van der Waals surface area contributed by atoms with Crippen molar-refractivity contribution in [1.29, 1.82) is 5.26 Å². The van der Waals surface area contributed by atoms with Crippen molar-refractivity contribution in [1.82, 2.24) is 0 Å². The Balaban J connectivity index is 1.77. The van der Waals surface area contributed by atoms with Crippen LogP contribution in [0.25, 0.3) is 0 Å². The van der Waals surface area contributed by atoms with Crippen LogP contribution in [0.2, 0.25) is 5.02 Å². The summed E-state index contributed by atoms with van der Waals surface area (Å²) in [6.45, 7) is 1.24. The van der Waals surface area contributed by atoms with E-state index in [4.69, 9.17) is 16.9 Å². The largest absolute Gasteiger partial charge is 0.416 e. The molecule has 0 unspecified atom stereocenters. The molecule has 1 fully saturated rings. The Morgan fingerprint density at radius 1 is 1.14 bits per heavy atom. The van der Waals surface area contributed by atoms with Crippen LogP contribution < -0.4 is 15.5 Å². The Morgan fingerprint density at radius 2 is 1.86 bits per heavy atom. The number of hydrogen-bond acceptors (Lipinski definition) is 4. The summed E-state index contributed by atoms with van der Waals surface area (Å²) in [5.74, 6) is -0.506. The average Bonchev–Trinajstić information content (AvgIpc) is 3.20. The fourth-order valence-corrected chi connectivity index (χ4v) is 3.35. The van der Waals surface area contributed by atoms with Gasteiger partial charge in [-0.25, -0.2) is 0 Å². The molecule has 0 aliphatic carbocycles. The lowest BCUT2D eigenvalue weighted by Crippen LogP contribution is -2.25. The zero-order valence-electron chi connectivity index (χ0n) is 15.3. The SMILES string of the molecule is N#Cc1ccc(Cl)cc1NC(=O)CNc1cc(C(F)(F)F)ccc1N1CCCC1. The van der Waals surface area contributed by atoms with Gasteiger partial charge in [-0.1, -0.05) is 11.6 Å². The van der Waals surface area contributed by atoms with Gasteiger partial charge in [-0.3, -0.25) is 4.79 Å². The fourth-order valence-electron chi connectivity index (χ4n) is 3.18. The number of alkyl halides is 3. The van der Waals surface area contributed by atoms with Gasteiger partial charge in [-0.05, 0) is 49.2 Å². The van der Waals surface area contributed by atoms with Crippen LogP contribution in [0.4, 0.5) is 30.2 Å². The molecule has 2 aromatic rings. The molecule has 0 bridgehead atoms. The standard InChI is InChI=1S/C20H18ClF3N4O/c21-15-5-3-13(11-25)16(10-15)27-19(29)12-26-17-9-14(20(22,23)24)4-6-18(17)28-7-1-2-8-28/h3-6,9-10,26H,1-2,7-8,12H2,(H,27,29). The Hall–Kier alpha value is -2.92. The number of nitrogens with one attached hydrogen (secondary N) is 2. The molecule has 1 amide bonds. The van der Waals surface area contributed by atoms with Gasteiger partial charge in [0.25, 0.3) is 0 Å². The van der Waals surface area contributed by atoms with E-state index >= 15 is 0 Å². The molecule has 0 aromatic heterocycles. The number of amides is 1. The normalized spacial score (nSPS) is 13.8. The maximum Gasteiger partial charge on any atom is 0.416 e. The fraction of sp³-hybridized carbons (Fsp3) is 0.300. The topological polar surface area (TPSA) is 68.2 Å². The van der Waals surface area contributed by atoms with E-state index in [0.29, 0.717) is 10.7 Å². The molecule has 1 saturated heterocycles. The van der Waals surface area contributed by atoms with Crippen molar-refractivity contribution in [3.63, 3.8) is 0 Å². The van der Waals surface area contributed by atoms with Gasteiger partial charge in [0.2, 0.25) is 5.91 Å². The van der Waals surface area contributed by atoms with Gasteiger partial charge < -0.3 is 15.5 Å². The summed E-state index contributed by atoms with van der Waals surface area (Å²) < 4.78 is 39.4. The van der Waals surface area contributed by atoms with Crippen LogP contribution in [-0.2, 0) is 11.0 Å². The minimum Gasteiger partial charge on any atom is -0.374 e. The first-order valence-corrected chi connectivity index (χ1v) is 9.35. The number of hydrogen-bond donors (Lipinski definition) is 2. The maximum atomic E-state index is 13.1. The number of nitrogens with zero attached hydrogens (tertiary/aromatic N) is 2. The third-order valence-electron chi connectivity index (χ3n) is 4.59. The molecule has 1 heterocycles. The summed E-state index contributed by atoms with van der Waals surface area (Å²) in [7, 11) is 0. The number of carbonyl (C=O) groups is 1. The Kier molecular flexibility index (Phi) is 6.18. The van der Waals surface area contributed by atoms with Crippen molar-refractivity contribution >= 4 is 34.6 Å². The van der Waals surface area contributed by atoms with Gasteiger partial charge in [-0.15, -0.1) is 0 Å². The number of carbonyl (C=O) groups excluding carboxylic acids is 1. The van der Waals surface area contributed by atoms with Crippen LogP contribution in [0, 0.1) is 11.3 Å². The van der Waals surface area contributed by atoms with E-state index < -0.39 is 17.6 Å². The summed E-state index contributed by atoms with van der Waals surface area (Å²) in [5.41, 5.74) is 0.562. The molecule has 9 heteroatoms. The number of halogens is 4. The number of benzene rings is 2. The Bertz CT molecular complexity index is 950. The van der Waals surface area contributed by atoms with E-state index in [-0.39, 0.29) is 23.5 Å². The summed E-state index contributed by atoms with van der Waals surface area (Å²) in [6.07, 6.45) is -2.55. The van der Waals surface area contributed by atoms with Gasteiger partial charge in [-0.2, -0.15) is 18.4 Å². The van der Waals surface area contributed by atoms with E-state index in [2.05, 4.69) is 10.6 Å². The minimum atomic E-state index is -4.48. The van der Waals surface area contributed by atoms with Crippen molar-refractivity contribution in [2.45, 2.75) is 19.0 Å². The van der Waals surface area contributed by atoms with Crippen LogP contribution in [0.3, 0.4) is 0 Å². The number of nitriles is 1.